The van der Waals surface area contributed by atoms with Gasteiger partial charge in [-0.05, 0) is 18.1 Å². The van der Waals surface area contributed by atoms with Gasteiger partial charge in [-0.1, -0.05) is 18.2 Å². The zero-order valence-electron chi connectivity index (χ0n) is 12.1. The first-order chi connectivity index (χ1) is 9.90. The Balaban J connectivity index is 2.27. The van der Waals surface area contributed by atoms with Crippen molar-refractivity contribution in [3.8, 4) is 0 Å². The average molecular weight is 290 g/mol. The predicted molar refractivity (Wildman–Crippen MR) is 76.9 cm³/mol. The number of rotatable bonds is 3. The van der Waals surface area contributed by atoms with Gasteiger partial charge in [0.05, 0.1) is 12.5 Å². The summed E-state index contributed by atoms with van der Waals surface area (Å²) < 4.78 is 0. The summed E-state index contributed by atoms with van der Waals surface area (Å²) in [4.78, 5) is 37.7. The monoisotopic (exact) mass is 290 g/mol. The Labute approximate surface area is 123 Å². The van der Waals surface area contributed by atoms with E-state index in [9.17, 15) is 19.5 Å². The van der Waals surface area contributed by atoms with Crippen molar-refractivity contribution >= 4 is 23.5 Å². The second kappa shape index (κ2) is 5.95. The van der Waals surface area contributed by atoms with Crippen molar-refractivity contribution in [2.75, 3.05) is 25.0 Å². The molecule has 0 aromatic heterocycles. The highest BCUT2D eigenvalue weighted by Gasteiger charge is 2.32. The fraction of sp³-hybridized carbons (Fsp3) is 0.400. The summed E-state index contributed by atoms with van der Waals surface area (Å²) in [7, 11) is 1.55. The van der Waals surface area contributed by atoms with Crippen molar-refractivity contribution in [3.63, 3.8) is 0 Å². The van der Waals surface area contributed by atoms with Crippen LogP contribution in [0.3, 0.4) is 0 Å². The van der Waals surface area contributed by atoms with Crippen LogP contribution >= 0.6 is 0 Å². The third-order valence-corrected chi connectivity index (χ3v) is 3.71. The Morgan fingerprint density at radius 1 is 1.33 bits per heavy atom. The lowest BCUT2D eigenvalue weighted by atomic mass is 9.92. The fourth-order valence-electron chi connectivity index (χ4n) is 2.40. The Kier molecular flexibility index (Phi) is 4.26. The van der Waals surface area contributed by atoms with Crippen LogP contribution in [0.4, 0.5) is 5.69 Å². The highest BCUT2D eigenvalue weighted by atomic mass is 16.4. The van der Waals surface area contributed by atoms with Crippen LogP contribution in [-0.2, 0) is 20.8 Å². The molecule has 1 heterocycles. The van der Waals surface area contributed by atoms with E-state index in [2.05, 4.69) is 0 Å². The molecule has 1 atom stereocenters. The van der Waals surface area contributed by atoms with E-state index in [4.69, 9.17) is 0 Å². The molecule has 1 aromatic rings. The summed E-state index contributed by atoms with van der Waals surface area (Å²) in [5.41, 5.74) is 1.58. The normalized spacial score (nSPS) is 17.0. The number of carbonyl (C=O) groups excluding carboxylic acids is 2. The molecule has 0 aliphatic carbocycles. The first-order valence-electron chi connectivity index (χ1n) is 6.73. The van der Waals surface area contributed by atoms with Crippen LogP contribution in [0.15, 0.2) is 24.3 Å². The zero-order valence-corrected chi connectivity index (χ0v) is 12.1. The third kappa shape index (κ3) is 3.21. The minimum atomic E-state index is -0.915. The van der Waals surface area contributed by atoms with Crippen molar-refractivity contribution in [2.24, 2.45) is 5.92 Å². The molecule has 2 rings (SSSR count). The van der Waals surface area contributed by atoms with Gasteiger partial charge < -0.3 is 14.9 Å². The van der Waals surface area contributed by atoms with Gasteiger partial charge in [-0.3, -0.25) is 14.4 Å². The van der Waals surface area contributed by atoms with E-state index in [1.54, 1.807) is 13.1 Å². The van der Waals surface area contributed by atoms with E-state index >= 15 is 0 Å². The first-order valence-corrected chi connectivity index (χ1v) is 6.73. The van der Waals surface area contributed by atoms with Gasteiger partial charge in [-0.15, -0.1) is 0 Å². The highest BCUT2D eigenvalue weighted by molar-refractivity contribution is 5.98. The van der Waals surface area contributed by atoms with Gasteiger partial charge in [0.25, 0.3) is 0 Å². The van der Waals surface area contributed by atoms with E-state index in [-0.39, 0.29) is 24.9 Å². The molecule has 0 radical (unpaired) electrons. The zero-order chi connectivity index (χ0) is 15.6. The molecule has 0 saturated heterocycles. The largest absolute Gasteiger partial charge is 0.481 e. The molecular formula is C15H18N2O4. The number of nitrogens with zero attached hydrogens (tertiary/aromatic N) is 2. The number of carboxylic acids is 1. The molecule has 0 bridgehead atoms. The maximum Gasteiger partial charge on any atom is 0.308 e. The summed E-state index contributed by atoms with van der Waals surface area (Å²) in [6, 6.07) is 7.28. The number of anilines is 1. The van der Waals surface area contributed by atoms with Gasteiger partial charge >= 0.3 is 5.97 Å². The molecule has 1 aromatic carbocycles. The van der Waals surface area contributed by atoms with Gasteiger partial charge in [-0.2, -0.15) is 0 Å². The van der Waals surface area contributed by atoms with Gasteiger partial charge in [0.1, 0.15) is 0 Å². The Hall–Kier alpha value is -2.37. The molecule has 2 amide bonds. The Morgan fingerprint density at radius 2 is 2.00 bits per heavy atom. The molecule has 1 aliphatic heterocycles. The van der Waals surface area contributed by atoms with E-state index in [1.807, 2.05) is 18.2 Å². The lowest BCUT2D eigenvalue weighted by Gasteiger charge is -2.33. The first kappa shape index (κ1) is 15.0. The molecule has 1 unspecified atom stereocenters. The molecule has 21 heavy (non-hydrogen) atoms. The molecule has 6 nitrogen and oxygen atoms in total. The molecule has 1 aliphatic rings. The van der Waals surface area contributed by atoms with Crippen LogP contribution in [0.5, 0.6) is 0 Å². The van der Waals surface area contributed by atoms with Crippen LogP contribution in [0.1, 0.15) is 12.5 Å². The fourth-order valence-corrected chi connectivity index (χ4v) is 2.40. The number of amides is 2. The van der Waals surface area contributed by atoms with Gasteiger partial charge in [0.15, 0.2) is 0 Å². The summed E-state index contributed by atoms with van der Waals surface area (Å²) in [6.07, 6.45) is 0.415. The molecule has 1 N–H and O–H groups in total. The van der Waals surface area contributed by atoms with E-state index in [1.165, 1.54) is 16.7 Å². The maximum atomic E-state index is 12.4. The number of carboxylic acid groups (broad SMARTS) is 1. The number of carbonyl (C=O) groups is 3. The number of hydrogen-bond acceptors (Lipinski definition) is 3. The van der Waals surface area contributed by atoms with E-state index in [0.29, 0.717) is 6.42 Å². The van der Waals surface area contributed by atoms with Gasteiger partial charge in [0, 0.05) is 26.2 Å². The van der Waals surface area contributed by atoms with E-state index in [0.717, 1.165) is 11.3 Å². The second-order valence-corrected chi connectivity index (χ2v) is 5.25. The molecule has 6 heteroatoms. The molecular weight excluding hydrogens is 272 g/mol. The highest BCUT2D eigenvalue weighted by Crippen LogP contribution is 2.29. The van der Waals surface area contributed by atoms with Crippen molar-refractivity contribution in [1.29, 1.82) is 0 Å². The van der Waals surface area contributed by atoms with Crippen molar-refractivity contribution in [3.05, 3.63) is 29.8 Å². The number of fused-ring (bicyclic) bond motifs is 1. The van der Waals surface area contributed by atoms with Crippen LogP contribution < -0.4 is 4.90 Å². The lowest BCUT2D eigenvalue weighted by molar-refractivity contribution is -0.141. The van der Waals surface area contributed by atoms with Crippen LogP contribution in [0.2, 0.25) is 0 Å². The summed E-state index contributed by atoms with van der Waals surface area (Å²) in [6.45, 7) is 1.46. The van der Waals surface area contributed by atoms with Crippen LogP contribution in [0, 0.1) is 5.92 Å². The van der Waals surface area contributed by atoms with Crippen LogP contribution in [-0.4, -0.2) is 47.9 Å². The van der Waals surface area contributed by atoms with Gasteiger partial charge in [-0.25, -0.2) is 0 Å². The third-order valence-electron chi connectivity index (χ3n) is 3.71. The van der Waals surface area contributed by atoms with Crippen LogP contribution in [0.25, 0.3) is 0 Å². The molecule has 0 spiro atoms. The topological polar surface area (TPSA) is 77.9 Å². The van der Waals surface area contributed by atoms with Crippen molar-refractivity contribution in [2.45, 2.75) is 13.3 Å². The number of likely N-dealkylation sites (N-methyl/N-ethyl adjacent to an activating group) is 1. The number of benzene rings is 1. The number of aliphatic carboxylic acids is 1. The minimum absolute atomic E-state index is 0.0595. The Morgan fingerprint density at radius 3 is 2.62 bits per heavy atom. The van der Waals surface area contributed by atoms with Crippen molar-refractivity contribution in [1.82, 2.24) is 4.90 Å². The quantitative estimate of drug-likeness (QED) is 0.891. The summed E-state index contributed by atoms with van der Waals surface area (Å²) >= 11 is 0. The molecule has 112 valence electrons. The van der Waals surface area contributed by atoms with Crippen molar-refractivity contribution < 1.29 is 19.5 Å². The standard InChI is InChI=1S/C15H18N2O4/c1-10(18)16(2)9-14(19)17-8-12(15(20)21)7-11-5-3-4-6-13(11)17/h3-6,12H,7-9H2,1-2H3,(H,20,21). The maximum absolute atomic E-state index is 12.4. The van der Waals surface area contributed by atoms with E-state index < -0.39 is 11.9 Å². The Bertz CT molecular complexity index is 585. The van der Waals surface area contributed by atoms with Gasteiger partial charge in [0.2, 0.25) is 11.8 Å². The number of para-hydroxylation sites is 1. The molecule has 0 saturated carbocycles. The summed E-state index contributed by atoms with van der Waals surface area (Å²) in [5.74, 6) is -2.01. The molecule has 0 fully saturated rings. The predicted octanol–water partition coefficient (Wildman–Crippen LogP) is 0.755. The minimum Gasteiger partial charge on any atom is -0.481 e. The smallest absolute Gasteiger partial charge is 0.308 e. The number of hydrogen-bond donors (Lipinski definition) is 1. The second-order valence-electron chi connectivity index (χ2n) is 5.25. The lowest BCUT2D eigenvalue weighted by Crippen LogP contribution is -2.46. The SMILES string of the molecule is CC(=O)N(C)CC(=O)N1CC(C(=O)O)Cc2ccccc21. The summed E-state index contributed by atoms with van der Waals surface area (Å²) in [5, 5.41) is 9.23. The average Bonchev–Trinajstić information content (AvgIpc) is 2.45.